The Morgan fingerprint density at radius 2 is 2.32 bits per heavy atom. The monoisotopic (exact) mass is 361 g/mol. The van der Waals surface area contributed by atoms with Gasteiger partial charge in [0.15, 0.2) is 0 Å². The molecule has 2 aromatic rings. The van der Waals surface area contributed by atoms with Crippen molar-refractivity contribution in [2.45, 2.75) is 32.9 Å². The first-order valence-electron chi connectivity index (χ1n) is 6.35. The van der Waals surface area contributed by atoms with Crippen LogP contribution < -0.4 is 5.32 Å². The van der Waals surface area contributed by atoms with Gasteiger partial charge in [-0.05, 0) is 35.0 Å². The lowest BCUT2D eigenvalue weighted by Gasteiger charge is -2.18. The first kappa shape index (κ1) is 15.0. The van der Waals surface area contributed by atoms with E-state index in [2.05, 4.69) is 51.6 Å². The Balaban J connectivity index is 2.41. The smallest absolute Gasteiger partial charge is 0.0857 e. The topological polar surface area (TPSA) is 29.9 Å². The number of hydrogen-bond donors (Lipinski definition) is 1. The third kappa shape index (κ3) is 3.40. The molecule has 2 rings (SSSR count). The molecule has 2 aromatic heterocycles. The zero-order valence-electron chi connectivity index (χ0n) is 11.0. The minimum atomic E-state index is 0.0999. The molecule has 0 spiro atoms. The molecular weight excluding hydrogens is 346 g/mol. The van der Waals surface area contributed by atoms with Crippen LogP contribution in [0.4, 0.5) is 0 Å². The lowest BCUT2D eigenvalue weighted by molar-refractivity contribution is 0.524. The van der Waals surface area contributed by atoms with Gasteiger partial charge >= 0.3 is 0 Å². The summed E-state index contributed by atoms with van der Waals surface area (Å²) in [6.45, 7) is 6.01. The normalized spacial score (nSPS) is 12.8. The van der Waals surface area contributed by atoms with Crippen LogP contribution in [0.2, 0.25) is 5.02 Å². The third-order valence-electron chi connectivity index (χ3n) is 2.82. The average molecular weight is 363 g/mol. The number of aromatic nitrogens is 2. The van der Waals surface area contributed by atoms with Crippen LogP contribution in [0, 0.1) is 0 Å². The summed E-state index contributed by atoms with van der Waals surface area (Å²) in [4.78, 5) is 1.24. The predicted octanol–water partition coefficient (Wildman–Crippen LogP) is 4.47. The molecule has 0 saturated heterocycles. The summed E-state index contributed by atoms with van der Waals surface area (Å²) in [7, 11) is 0. The van der Waals surface area contributed by atoms with Crippen molar-refractivity contribution < 1.29 is 0 Å². The van der Waals surface area contributed by atoms with Crippen molar-refractivity contribution in [3.8, 4) is 0 Å². The molecule has 6 heteroatoms. The van der Waals surface area contributed by atoms with Crippen LogP contribution in [-0.4, -0.2) is 16.3 Å². The molecule has 1 unspecified atom stereocenters. The fourth-order valence-corrected chi connectivity index (χ4v) is 3.84. The van der Waals surface area contributed by atoms with Crippen LogP contribution in [-0.2, 0) is 6.54 Å². The Labute approximate surface area is 131 Å². The Bertz CT molecular complexity index is 538. The van der Waals surface area contributed by atoms with Gasteiger partial charge in [0.05, 0.1) is 23.0 Å². The lowest BCUT2D eigenvalue weighted by Crippen LogP contribution is -2.24. The van der Waals surface area contributed by atoms with Crippen LogP contribution in [0.25, 0.3) is 0 Å². The highest BCUT2D eigenvalue weighted by molar-refractivity contribution is 9.10. The van der Waals surface area contributed by atoms with E-state index in [0.717, 1.165) is 34.7 Å². The van der Waals surface area contributed by atoms with Gasteiger partial charge in [0, 0.05) is 21.3 Å². The molecule has 0 saturated carbocycles. The SMILES string of the molecule is CCCn1ncc(Cl)c1C(NCC)c1cc(Br)cs1. The van der Waals surface area contributed by atoms with Crippen molar-refractivity contribution in [1.29, 1.82) is 0 Å². The highest BCUT2D eigenvalue weighted by Gasteiger charge is 2.22. The number of hydrogen-bond acceptors (Lipinski definition) is 3. The molecule has 0 aromatic carbocycles. The summed E-state index contributed by atoms with van der Waals surface area (Å²) >= 11 is 11.6. The van der Waals surface area contributed by atoms with Crippen molar-refractivity contribution in [3.63, 3.8) is 0 Å². The maximum atomic E-state index is 6.34. The minimum absolute atomic E-state index is 0.0999. The maximum Gasteiger partial charge on any atom is 0.0857 e. The van der Waals surface area contributed by atoms with Gasteiger partial charge in [-0.25, -0.2) is 0 Å². The number of aryl methyl sites for hydroxylation is 1. The lowest BCUT2D eigenvalue weighted by atomic mass is 10.1. The third-order valence-corrected chi connectivity index (χ3v) is 4.87. The summed E-state index contributed by atoms with van der Waals surface area (Å²) in [5, 5.41) is 10.7. The van der Waals surface area contributed by atoms with E-state index in [1.807, 2.05) is 4.68 Å². The predicted molar refractivity (Wildman–Crippen MR) is 85.1 cm³/mol. The first-order chi connectivity index (χ1) is 9.17. The Kier molecular flexibility index (Phi) is 5.45. The van der Waals surface area contributed by atoms with E-state index >= 15 is 0 Å². The molecule has 2 heterocycles. The van der Waals surface area contributed by atoms with E-state index in [9.17, 15) is 0 Å². The van der Waals surface area contributed by atoms with Gasteiger partial charge in [0.25, 0.3) is 0 Å². The van der Waals surface area contributed by atoms with Crippen LogP contribution in [0.5, 0.6) is 0 Å². The highest BCUT2D eigenvalue weighted by atomic mass is 79.9. The number of thiophene rings is 1. The van der Waals surface area contributed by atoms with Gasteiger partial charge in [0.2, 0.25) is 0 Å². The minimum Gasteiger partial charge on any atom is -0.305 e. The molecule has 0 aliphatic rings. The second kappa shape index (κ2) is 6.88. The quantitative estimate of drug-likeness (QED) is 0.821. The van der Waals surface area contributed by atoms with Crippen LogP contribution in [0.1, 0.15) is 36.9 Å². The summed E-state index contributed by atoms with van der Waals surface area (Å²) in [5.41, 5.74) is 1.06. The molecule has 0 amide bonds. The van der Waals surface area contributed by atoms with Crippen molar-refractivity contribution >= 4 is 38.9 Å². The number of rotatable bonds is 6. The fraction of sp³-hybridized carbons (Fsp3) is 0.462. The first-order valence-corrected chi connectivity index (χ1v) is 8.40. The van der Waals surface area contributed by atoms with E-state index in [-0.39, 0.29) is 6.04 Å². The Morgan fingerprint density at radius 3 is 2.89 bits per heavy atom. The largest absolute Gasteiger partial charge is 0.305 e. The molecule has 0 fully saturated rings. The molecule has 1 N–H and O–H groups in total. The number of halogens is 2. The number of nitrogens with zero attached hydrogens (tertiary/aromatic N) is 2. The summed E-state index contributed by atoms with van der Waals surface area (Å²) in [6, 6.07) is 2.24. The molecule has 1 atom stereocenters. The van der Waals surface area contributed by atoms with Gasteiger partial charge in [-0.3, -0.25) is 4.68 Å². The summed E-state index contributed by atoms with van der Waals surface area (Å²) in [6.07, 6.45) is 2.78. The molecule has 19 heavy (non-hydrogen) atoms. The van der Waals surface area contributed by atoms with Crippen molar-refractivity contribution in [1.82, 2.24) is 15.1 Å². The second-order valence-electron chi connectivity index (χ2n) is 4.26. The van der Waals surface area contributed by atoms with Gasteiger partial charge in [-0.2, -0.15) is 5.10 Å². The van der Waals surface area contributed by atoms with Crippen molar-refractivity contribution in [2.24, 2.45) is 0 Å². The molecule has 0 aliphatic heterocycles. The van der Waals surface area contributed by atoms with Gasteiger partial charge in [0.1, 0.15) is 0 Å². The average Bonchev–Trinajstić information content (AvgIpc) is 2.95. The van der Waals surface area contributed by atoms with E-state index in [4.69, 9.17) is 11.6 Å². The summed E-state index contributed by atoms with van der Waals surface area (Å²) < 4.78 is 3.11. The van der Waals surface area contributed by atoms with Crippen LogP contribution >= 0.6 is 38.9 Å². The van der Waals surface area contributed by atoms with E-state index in [1.165, 1.54) is 4.88 Å². The number of nitrogens with one attached hydrogen (secondary N) is 1. The zero-order valence-corrected chi connectivity index (χ0v) is 14.1. The summed E-state index contributed by atoms with van der Waals surface area (Å²) in [5.74, 6) is 0. The van der Waals surface area contributed by atoms with Crippen LogP contribution in [0.3, 0.4) is 0 Å². The Hall–Kier alpha value is -0.360. The van der Waals surface area contributed by atoms with Gasteiger partial charge < -0.3 is 5.32 Å². The molecule has 104 valence electrons. The van der Waals surface area contributed by atoms with E-state index in [0.29, 0.717) is 0 Å². The molecular formula is C13H17BrClN3S. The Morgan fingerprint density at radius 1 is 1.53 bits per heavy atom. The maximum absolute atomic E-state index is 6.34. The second-order valence-corrected chi connectivity index (χ2v) is 6.52. The van der Waals surface area contributed by atoms with E-state index < -0.39 is 0 Å². The van der Waals surface area contributed by atoms with Crippen molar-refractivity contribution in [2.75, 3.05) is 6.54 Å². The molecule has 0 bridgehead atoms. The molecule has 3 nitrogen and oxygen atoms in total. The van der Waals surface area contributed by atoms with E-state index in [1.54, 1.807) is 17.5 Å². The standard InChI is InChI=1S/C13H17BrClN3S/c1-3-5-18-13(10(15)7-17-18)12(16-4-2)11-6-9(14)8-19-11/h6-8,12,16H,3-5H2,1-2H3. The fourth-order valence-electron chi connectivity index (χ4n) is 2.06. The highest BCUT2D eigenvalue weighted by Crippen LogP contribution is 2.33. The molecule has 0 aliphatic carbocycles. The van der Waals surface area contributed by atoms with Gasteiger partial charge in [-0.1, -0.05) is 25.4 Å². The molecule has 0 radical (unpaired) electrons. The van der Waals surface area contributed by atoms with Gasteiger partial charge in [-0.15, -0.1) is 11.3 Å². The van der Waals surface area contributed by atoms with Crippen molar-refractivity contribution in [3.05, 3.63) is 37.7 Å². The zero-order chi connectivity index (χ0) is 13.8. The van der Waals surface area contributed by atoms with Crippen LogP contribution in [0.15, 0.2) is 22.1 Å².